The topological polar surface area (TPSA) is 15.3 Å². The average Bonchev–Trinajstić information content (AvgIpc) is 2.38. The van der Waals surface area contributed by atoms with Gasteiger partial charge in [-0.1, -0.05) is 0 Å². The van der Waals surface area contributed by atoms with Gasteiger partial charge < -0.3 is 5.32 Å². The highest BCUT2D eigenvalue weighted by Gasteiger charge is 2.17. The Hall–Kier alpha value is -0.150. The zero-order chi connectivity index (χ0) is 7.40. The van der Waals surface area contributed by atoms with Crippen LogP contribution in [-0.2, 0) is 0 Å². The Morgan fingerprint density at radius 2 is 2.50 bits per heavy atom. The first-order valence-electron chi connectivity index (χ1n) is 3.81. The molecule has 0 spiro atoms. The van der Waals surface area contributed by atoms with Crippen LogP contribution in [0, 0.1) is 0 Å². The molecule has 1 unspecified atom stereocenters. The van der Waals surface area contributed by atoms with Crippen molar-refractivity contribution in [3.05, 3.63) is 0 Å². The third-order valence-corrected chi connectivity index (χ3v) is 2.09. The summed E-state index contributed by atoms with van der Waals surface area (Å²) in [5.41, 5.74) is 0. The van der Waals surface area contributed by atoms with Crippen molar-refractivity contribution in [3.8, 4) is 0 Å². The van der Waals surface area contributed by atoms with Gasteiger partial charge in [0.2, 0.25) is 0 Å². The van der Waals surface area contributed by atoms with E-state index in [1.54, 1.807) is 0 Å². The second-order valence-electron chi connectivity index (χ2n) is 2.82. The van der Waals surface area contributed by atoms with Crippen LogP contribution in [0.2, 0.25) is 0 Å². The molecule has 0 aromatic heterocycles. The van der Waals surface area contributed by atoms with E-state index in [9.17, 15) is 4.39 Å². The van der Waals surface area contributed by atoms with E-state index >= 15 is 0 Å². The maximum absolute atomic E-state index is 11.8. The van der Waals surface area contributed by atoms with Gasteiger partial charge in [-0.3, -0.25) is 4.90 Å². The molecular weight excluding hydrogens is 131 g/mol. The van der Waals surface area contributed by atoms with Crippen LogP contribution in [0.25, 0.3) is 0 Å². The number of nitrogens with one attached hydrogen (secondary N) is 1. The Morgan fingerprint density at radius 3 is 3.00 bits per heavy atom. The molecule has 0 aromatic carbocycles. The Balaban J connectivity index is 2.18. The quantitative estimate of drug-likeness (QED) is 0.614. The standard InChI is InChI=1S/C7H15FN2/c1-10(5-3-8)7-2-4-9-6-7/h7,9H,2-6H2,1H3. The zero-order valence-corrected chi connectivity index (χ0v) is 6.44. The second-order valence-corrected chi connectivity index (χ2v) is 2.82. The Labute approximate surface area is 61.4 Å². The molecule has 60 valence electrons. The molecule has 0 amide bonds. The maximum Gasteiger partial charge on any atom is 0.102 e. The highest BCUT2D eigenvalue weighted by atomic mass is 19.1. The van der Waals surface area contributed by atoms with Crippen LogP contribution in [0.1, 0.15) is 6.42 Å². The average molecular weight is 146 g/mol. The second kappa shape index (κ2) is 3.88. The summed E-state index contributed by atoms with van der Waals surface area (Å²) in [6.45, 7) is 2.46. The minimum Gasteiger partial charge on any atom is -0.315 e. The lowest BCUT2D eigenvalue weighted by Gasteiger charge is -2.21. The summed E-state index contributed by atoms with van der Waals surface area (Å²) in [5, 5.41) is 3.25. The summed E-state index contributed by atoms with van der Waals surface area (Å²) in [4.78, 5) is 2.08. The molecule has 1 saturated heterocycles. The molecule has 0 saturated carbocycles. The lowest BCUT2D eigenvalue weighted by molar-refractivity contribution is 0.234. The van der Waals surface area contributed by atoms with Gasteiger partial charge in [0, 0.05) is 19.1 Å². The summed E-state index contributed by atoms with van der Waals surface area (Å²) in [6.07, 6.45) is 1.16. The molecule has 1 aliphatic rings. The van der Waals surface area contributed by atoms with Crippen molar-refractivity contribution in [2.75, 3.05) is 33.4 Å². The predicted octanol–water partition coefficient (Wildman–Crippen LogP) is 0.250. The number of hydrogen-bond acceptors (Lipinski definition) is 2. The van der Waals surface area contributed by atoms with E-state index in [0.29, 0.717) is 12.6 Å². The summed E-state index contributed by atoms with van der Waals surface area (Å²) in [7, 11) is 1.98. The third kappa shape index (κ3) is 1.92. The first-order chi connectivity index (χ1) is 4.84. The molecule has 1 aliphatic heterocycles. The fourth-order valence-electron chi connectivity index (χ4n) is 1.33. The molecule has 0 aromatic rings. The van der Waals surface area contributed by atoms with Crippen LogP contribution >= 0.6 is 0 Å². The molecule has 1 fully saturated rings. The van der Waals surface area contributed by atoms with Gasteiger partial charge in [0.05, 0.1) is 0 Å². The van der Waals surface area contributed by atoms with Crippen molar-refractivity contribution >= 4 is 0 Å². The summed E-state index contributed by atoms with van der Waals surface area (Å²) >= 11 is 0. The van der Waals surface area contributed by atoms with E-state index < -0.39 is 0 Å². The van der Waals surface area contributed by atoms with Gasteiger partial charge >= 0.3 is 0 Å². The van der Waals surface area contributed by atoms with Crippen molar-refractivity contribution in [1.82, 2.24) is 10.2 Å². The number of alkyl halides is 1. The summed E-state index contributed by atoms with van der Waals surface area (Å²) < 4.78 is 11.8. The zero-order valence-electron chi connectivity index (χ0n) is 6.44. The van der Waals surface area contributed by atoms with Gasteiger partial charge in [-0.25, -0.2) is 4.39 Å². The van der Waals surface area contributed by atoms with Crippen LogP contribution in [-0.4, -0.2) is 44.3 Å². The van der Waals surface area contributed by atoms with Gasteiger partial charge in [0.15, 0.2) is 0 Å². The monoisotopic (exact) mass is 146 g/mol. The predicted molar refractivity (Wildman–Crippen MR) is 39.9 cm³/mol. The molecule has 1 atom stereocenters. The van der Waals surface area contributed by atoms with Crippen molar-refractivity contribution in [3.63, 3.8) is 0 Å². The van der Waals surface area contributed by atoms with Gasteiger partial charge in [0.25, 0.3) is 0 Å². The molecule has 10 heavy (non-hydrogen) atoms. The number of rotatable bonds is 3. The minimum atomic E-state index is -0.229. The highest BCUT2D eigenvalue weighted by molar-refractivity contribution is 4.78. The number of nitrogens with zero attached hydrogens (tertiary/aromatic N) is 1. The van der Waals surface area contributed by atoms with E-state index in [-0.39, 0.29) is 6.67 Å². The molecule has 1 N–H and O–H groups in total. The maximum atomic E-state index is 11.8. The fraction of sp³-hybridized carbons (Fsp3) is 1.00. The van der Waals surface area contributed by atoms with Crippen LogP contribution < -0.4 is 5.32 Å². The number of halogens is 1. The Bertz CT molecular complexity index is 91.6. The van der Waals surface area contributed by atoms with Crippen LogP contribution in [0.3, 0.4) is 0 Å². The largest absolute Gasteiger partial charge is 0.315 e. The van der Waals surface area contributed by atoms with Crippen LogP contribution in [0.15, 0.2) is 0 Å². The number of likely N-dealkylation sites (N-methyl/N-ethyl adjacent to an activating group) is 1. The molecule has 2 nitrogen and oxygen atoms in total. The summed E-state index contributed by atoms with van der Waals surface area (Å²) in [5.74, 6) is 0. The molecule has 0 radical (unpaired) electrons. The molecule has 3 heteroatoms. The fourth-order valence-corrected chi connectivity index (χ4v) is 1.33. The van der Waals surface area contributed by atoms with Crippen molar-refractivity contribution in [2.45, 2.75) is 12.5 Å². The lowest BCUT2D eigenvalue weighted by atomic mass is 10.2. The van der Waals surface area contributed by atoms with E-state index in [0.717, 1.165) is 19.5 Å². The van der Waals surface area contributed by atoms with Gasteiger partial charge in [-0.15, -0.1) is 0 Å². The van der Waals surface area contributed by atoms with Crippen molar-refractivity contribution < 1.29 is 4.39 Å². The molecule has 0 bridgehead atoms. The third-order valence-electron chi connectivity index (χ3n) is 2.09. The van der Waals surface area contributed by atoms with Crippen molar-refractivity contribution in [1.29, 1.82) is 0 Å². The SMILES string of the molecule is CN(CCF)C1CCNC1. The minimum absolute atomic E-state index is 0.229. The van der Waals surface area contributed by atoms with Crippen molar-refractivity contribution in [2.24, 2.45) is 0 Å². The lowest BCUT2D eigenvalue weighted by Crippen LogP contribution is -2.34. The van der Waals surface area contributed by atoms with Gasteiger partial charge in [-0.05, 0) is 20.0 Å². The molecular formula is C7H15FN2. The van der Waals surface area contributed by atoms with E-state index in [4.69, 9.17) is 0 Å². The number of hydrogen-bond donors (Lipinski definition) is 1. The van der Waals surface area contributed by atoms with Gasteiger partial charge in [0.1, 0.15) is 6.67 Å². The molecule has 1 heterocycles. The van der Waals surface area contributed by atoms with E-state index in [2.05, 4.69) is 10.2 Å². The molecule has 0 aliphatic carbocycles. The highest BCUT2D eigenvalue weighted by Crippen LogP contribution is 2.04. The molecule has 1 rings (SSSR count). The van der Waals surface area contributed by atoms with E-state index in [1.807, 2.05) is 7.05 Å². The Morgan fingerprint density at radius 1 is 1.70 bits per heavy atom. The first-order valence-corrected chi connectivity index (χ1v) is 3.81. The first kappa shape index (κ1) is 7.95. The van der Waals surface area contributed by atoms with E-state index in [1.165, 1.54) is 0 Å². The van der Waals surface area contributed by atoms with Crippen LogP contribution in [0.4, 0.5) is 4.39 Å². The Kier molecular flexibility index (Phi) is 3.09. The van der Waals surface area contributed by atoms with Crippen LogP contribution in [0.5, 0.6) is 0 Å². The summed E-state index contributed by atoms with van der Waals surface area (Å²) in [6, 6.07) is 0.566. The van der Waals surface area contributed by atoms with Gasteiger partial charge in [-0.2, -0.15) is 0 Å². The smallest absolute Gasteiger partial charge is 0.102 e. The normalized spacial score (nSPS) is 26.1.